The number of nitrogens with one attached hydrogen (secondary N) is 2. The normalized spacial score (nSPS) is 17.2. The summed E-state index contributed by atoms with van der Waals surface area (Å²) < 4.78 is 0. The van der Waals surface area contributed by atoms with Gasteiger partial charge in [0, 0.05) is 48.8 Å². The Balaban J connectivity index is 1.48. The van der Waals surface area contributed by atoms with Crippen molar-refractivity contribution in [1.82, 2.24) is 5.32 Å². The zero-order valence-electron chi connectivity index (χ0n) is 22.7. The molecule has 0 spiro atoms. The molecule has 41 heavy (non-hydrogen) atoms. The number of benzene rings is 3. The first-order valence-electron chi connectivity index (χ1n) is 13.9. The summed E-state index contributed by atoms with van der Waals surface area (Å²) in [5, 5.41) is 17.2. The molecule has 2 aliphatic rings. The summed E-state index contributed by atoms with van der Waals surface area (Å²) >= 11 is 0. The van der Waals surface area contributed by atoms with Crippen LogP contribution in [0.3, 0.4) is 0 Å². The lowest BCUT2D eigenvalue weighted by molar-refractivity contribution is -0.384. The van der Waals surface area contributed by atoms with Crippen LogP contribution in [-0.4, -0.2) is 28.7 Å². The number of nitro groups is 1. The van der Waals surface area contributed by atoms with Gasteiger partial charge in [0.2, 0.25) is 5.91 Å². The number of hydrogen-bond acceptors (Lipinski definition) is 6. The predicted molar refractivity (Wildman–Crippen MR) is 155 cm³/mol. The highest BCUT2D eigenvalue weighted by atomic mass is 16.6. The molecule has 3 amide bonds. The molecule has 212 valence electrons. The van der Waals surface area contributed by atoms with E-state index in [0.29, 0.717) is 30.0 Å². The van der Waals surface area contributed by atoms with Crippen LogP contribution in [0, 0.1) is 16.0 Å². The Kier molecular flexibility index (Phi) is 8.39. The molecule has 0 radical (unpaired) electrons. The third kappa shape index (κ3) is 6.28. The Hall–Kier alpha value is -4.57. The summed E-state index contributed by atoms with van der Waals surface area (Å²) in [6.45, 7) is 0.705. The quantitative estimate of drug-likeness (QED) is 0.278. The van der Waals surface area contributed by atoms with Crippen molar-refractivity contribution in [3.63, 3.8) is 0 Å². The average Bonchev–Trinajstić information content (AvgIpc) is 3.15. The van der Waals surface area contributed by atoms with Gasteiger partial charge in [-0.05, 0) is 54.2 Å². The van der Waals surface area contributed by atoms with Crippen LogP contribution in [0.25, 0.3) is 0 Å². The molecule has 0 aromatic heterocycles. The van der Waals surface area contributed by atoms with Crippen LogP contribution < -0.4 is 21.3 Å². The first-order valence-corrected chi connectivity index (χ1v) is 13.9. The Morgan fingerprint density at radius 2 is 1.73 bits per heavy atom. The van der Waals surface area contributed by atoms with E-state index in [1.807, 2.05) is 24.3 Å². The third-order valence-corrected chi connectivity index (χ3v) is 7.92. The topological polar surface area (TPSA) is 148 Å². The molecule has 0 saturated heterocycles. The lowest BCUT2D eigenvalue weighted by atomic mass is 9.81. The highest BCUT2D eigenvalue weighted by Gasteiger charge is 2.38. The lowest BCUT2D eigenvalue weighted by Gasteiger charge is -2.37. The minimum atomic E-state index is -0.534. The maximum absolute atomic E-state index is 14.1. The zero-order chi connectivity index (χ0) is 28.9. The number of carbonyl (C=O) groups is 3. The molecule has 1 fully saturated rings. The number of amides is 3. The standard InChI is InChI=1S/C31H33N5O5/c32-18-20-6-4-7-21(14-20)19-33-30(38)23-12-13-27-26(16-23)34-29(37)17-28(22-8-2-1-3-9-22)35(27)31(39)24-10-5-11-25(15-24)36(40)41/h4-7,10-16,22,28H,1-3,8-9,17-19,32H2,(H,33,38)(H,34,37). The first-order chi connectivity index (χ1) is 19.8. The number of non-ortho nitro benzene ring substituents is 1. The minimum Gasteiger partial charge on any atom is -0.348 e. The van der Waals surface area contributed by atoms with Crippen molar-refractivity contribution in [3.05, 3.63) is 99.1 Å². The van der Waals surface area contributed by atoms with Gasteiger partial charge in [-0.15, -0.1) is 0 Å². The number of anilines is 2. The van der Waals surface area contributed by atoms with Crippen molar-refractivity contribution in [2.45, 2.75) is 57.7 Å². The van der Waals surface area contributed by atoms with Crippen LogP contribution in [0.15, 0.2) is 66.7 Å². The fourth-order valence-electron chi connectivity index (χ4n) is 5.85. The van der Waals surface area contributed by atoms with Gasteiger partial charge in [-0.25, -0.2) is 0 Å². The van der Waals surface area contributed by atoms with Crippen LogP contribution in [0.4, 0.5) is 17.1 Å². The van der Waals surface area contributed by atoms with E-state index >= 15 is 0 Å². The number of rotatable bonds is 7. The van der Waals surface area contributed by atoms with E-state index in [4.69, 9.17) is 5.73 Å². The van der Waals surface area contributed by atoms with Crippen molar-refractivity contribution in [3.8, 4) is 0 Å². The van der Waals surface area contributed by atoms with Gasteiger partial charge in [-0.3, -0.25) is 24.5 Å². The first kappa shape index (κ1) is 28.0. The number of carbonyl (C=O) groups excluding carboxylic acids is 3. The molecule has 10 nitrogen and oxygen atoms in total. The van der Waals surface area contributed by atoms with E-state index < -0.39 is 16.9 Å². The van der Waals surface area contributed by atoms with E-state index in [1.165, 1.54) is 18.2 Å². The van der Waals surface area contributed by atoms with Crippen LogP contribution in [0.2, 0.25) is 0 Å². The van der Waals surface area contributed by atoms with Gasteiger partial charge in [-0.1, -0.05) is 49.6 Å². The predicted octanol–water partition coefficient (Wildman–Crippen LogP) is 4.92. The molecule has 1 heterocycles. The van der Waals surface area contributed by atoms with Crippen LogP contribution in [-0.2, 0) is 17.9 Å². The molecule has 3 aromatic rings. The van der Waals surface area contributed by atoms with Gasteiger partial charge < -0.3 is 21.3 Å². The smallest absolute Gasteiger partial charge is 0.270 e. The molecule has 1 aliphatic heterocycles. The van der Waals surface area contributed by atoms with E-state index in [2.05, 4.69) is 10.6 Å². The summed E-state index contributed by atoms with van der Waals surface area (Å²) in [5.41, 5.74) is 8.73. The highest BCUT2D eigenvalue weighted by molar-refractivity contribution is 6.12. The zero-order valence-corrected chi connectivity index (χ0v) is 22.7. The number of nitrogens with two attached hydrogens (primary N) is 1. The van der Waals surface area contributed by atoms with E-state index in [1.54, 1.807) is 29.2 Å². The van der Waals surface area contributed by atoms with Gasteiger partial charge >= 0.3 is 0 Å². The monoisotopic (exact) mass is 555 g/mol. The van der Waals surface area contributed by atoms with Crippen molar-refractivity contribution in [2.24, 2.45) is 11.7 Å². The Bertz CT molecular complexity index is 1480. The molecular weight excluding hydrogens is 522 g/mol. The molecule has 1 aliphatic carbocycles. The summed E-state index contributed by atoms with van der Waals surface area (Å²) in [7, 11) is 0. The number of hydrogen-bond donors (Lipinski definition) is 3. The maximum Gasteiger partial charge on any atom is 0.270 e. The van der Waals surface area contributed by atoms with Crippen molar-refractivity contribution in [2.75, 3.05) is 10.2 Å². The molecule has 5 rings (SSSR count). The number of nitrogens with zero attached hydrogens (tertiary/aromatic N) is 2. The van der Waals surface area contributed by atoms with Gasteiger partial charge in [0.15, 0.2) is 0 Å². The van der Waals surface area contributed by atoms with Gasteiger partial charge in [0.1, 0.15) is 0 Å². The van der Waals surface area contributed by atoms with Crippen LogP contribution >= 0.6 is 0 Å². The molecule has 1 saturated carbocycles. The van der Waals surface area contributed by atoms with Crippen molar-refractivity contribution >= 4 is 34.8 Å². The third-order valence-electron chi connectivity index (χ3n) is 7.92. The largest absolute Gasteiger partial charge is 0.348 e. The second-order valence-electron chi connectivity index (χ2n) is 10.6. The van der Waals surface area contributed by atoms with E-state index in [9.17, 15) is 24.5 Å². The average molecular weight is 556 g/mol. The SMILES string of the molecule is NCc1cccc(CNC(=O)c2ccc3c(c2)NC(=O)CC(C2CCCCC2)N3C(=O)c2cccc([N+](=O)[O-])c2)c1. The highest BCUT2D eigenvalue weighted by Crippen LogP contribution is 2.39. The van der Waals surface area contributed by atoms with E-state index in [0.717, 1.165) is 43.2 Å². The van der Waals surface area contributed by atoms with Crippen LogP contribution in [0.1, 0.15) is 70.4 Å². The molecule has 1 unspecified atom stereocenters. The van der Waals surface area contributed by atoms with Crippen LogP contribution in [0.5, 0.6) is 0 Å². The lowest BCUT2D eigenvalue weighted by Crippen LogP contribution is -2.46. The fraction of sp³-hybridized carbons (Fsp3) is 0.323. The minimum absolute atomic E-state index is 0.0963. The van der Waals surface area contributed by atoms with Gasteiger partial charge in [0.25, 0.3) is 17.5 Å². The van der Waals surface area contributed by atoms with E-state index in [-0.39, 0.29) is 35.4 Å². The molecule has 10 heteroatoms. The Labute approximate surface area is 238 Å². The second kappa shape index (κ2) is 12.3. The molecule has 3 aromatic carbocycles. The summed E-state index contributed by atoms with van der Waals surface area (Å²) in [5.74, 6) is -0.883. The molecule has 1 atom stereocenters. The second-order valence-corrected chi connectivity index (χ2v) is 10.6. The maximum atomic E-state index is 14.1. The Morgan fingerprint density at radius 1 is 0.976 bits per heavy atom. The van der Waals surface area contributed by atoms with Gasteiger partial charge in [0.05, 0.1) is 16.3 Å². The number of nitro benzene ring substituents is 1. The molecule has 4 N–H and O–H groups in total. The fourth-order valence-corrected chi connectivity index (χ4v) is 5.85. The van der Waals surface area contributed by atoms with Crippen molar-refractivity contribution < 1.29 is 19.3 Å². The summed E-state index contributed by atoms with van der Waals surface area (Å²) in [6, 6.07) is 17.8. The molecule has 0 bridgehead atoms. The molecular formula is C31H33N5O5. The van der Waals surface area contributed by atoms with Gasteiger partial charge in [-0.2, -0.15) is 0 Å². The number of fused-ring (bicyclic) bond motifs is 1. The summed E-state index contributed by atoms with van der Waals surface area (Å²) in [6.07, 6.45) is 5.01. The van der Waals surface area contributed by atoms with Crippen molar-refractivity contribution in [1.29, 1.82) is 0 Å². The Morgan fingerprint density at radius 3 is 2.49 bits per heavy atom. The summed E-state index contributed by atoms with van der Waals surface area (Å²) in [4.78, 5) is 52.8.